The molecule has 88 valence electrons. The van der Waals surface area contributed by atoms with Crippen molar-refractivity contribution in [3.63, 3.8) is 0 Å². The fourth-order valence-corrected chi connectivity index (χ4v) is 1.86. The first kappa shape index (κ1) is 13.0. The molecule has 0 radical (unpaired) electrons. The van der Waals surface area contributed by atoms with Crippen molar-refractivity contribution in [3.8, 4) is 0 Å². The molecule has 2 nitrogen and oxygen atoms in total. The zero-order chi connectivity index (χ0) is 12.0. The van der Waals surface area contributed by atoms with Crippen molar-refractivity contribution in [2.45, 2.75) is 32.6 Å². The predicted molar refractivity (Wildman–Crippen MR) is 69.1 cm³/mol. The monoisotopic (exact) mass is 239 g/mol. The van der Waals surface area contributed by atoms with Gasteiger partial charge in [-0.15, -0.1) is 11.6 Å². The number of halogens is 1. The van der Waals surface area contributed by atoms with E-state index in [2.05, 4.69) is 6.92 Å². The Labute approximate surface area is 102 Å². The van der Waals surface area contributed by atoms with E-state index in [-0.39, 0.29) is 11.7 Å². The van der Waals surface area contributed by atoms with Crippen LogP contribution in [-0.2, 0) is 6.42 Å². The van der Waals surface area contributed by atoms with E-state index in [9.17, 15) is 4.79 Å². The average molecular weight is 240 g/mol. The average Bonchev–Trinajstić information content (AvgIpc) is 2.30. The molecule has 0 saturated heterocycles. The standard InChI is InChI=1S/C13H18ClNO/c1-2-3-4-6-10-7-5-8-11(13(10)15)12(16)9-14/h5,7-8H,2-4,6,9,15H2,1H3. The van der Waals surface area contributed by atoms with E-state index in [1.165, 1.54) is 12.8 Å². The molecule has 0 heterocycles. The van der Waals surface area contributed by atoms with Crippen LogP contribution in [0.1, 0.15) is 42.1 Å². The number of Topliss-reactive ketones (excluding diaryl/α,β-unsaturated/α-hetero) is 1. The van der Waals surface area contributed by atoms with Crippen LogP contribution in [0.5, 0.6) is 0 Å². The Balaban J connectivity index is 2.82. The van der Waals surface area contributed by atoms with Crippen molar-refractivity contribution < 1.29 is 4.79 Å². The summed E-state index contributed by atoms with van der Waals surface area (Å²) >= 11 is 5.53. The fraction of sp³-hybridized carbons (Fsp3) is 0.462. The first-order valence-electron chi connectivity index (χ1n) is 5.67. The van der Waals surface area contributed by atoms with Crippen LogP contribution in [0.3, 0.4) is 0 Å². The summed E-state index contributed by atoms with van der Waals surface area (Å²) in [5, 5.41) is 0. The van der Waals surface area contributed by atoms with E-state index in [1.807, 2.05) is 12.1 Å². The Morgan fingerprint density at radius 1 is 1.38 bits per heavy atom. The van der Waals surface area contributed by atoms with Crippen LogP contribution in [-0.4, -0.2) is 11.7 Å². The Morgan fingerprint density at radius 2 is 2.12 bits per heavy atom. The summed E-state index contributed by atoms with van der Waals surface area (Å²) in [5.74, 6) is -0.112. The predicted octanol–water partition coefficient (Wildman–Crippen LogP) is 3.42. The van der Waals surface area contributed by atoms with Gasteiger partial charge >= 0.3 is 0 Å². The molecule has 3 heteroatoms. The number of nitrogens with two attached hydrogens (primary N) is 1. The second-order valence-electron chi connectivity index (χ2n) is 3.89. The molecule has 0 aliphatic heterocycles. The molecule has 1 aromatic rings. The van der Waals surface area contributed by atoms with Crippen molar-refractivity contribution in [2.75, 3.05) is 11.6 Å². The molecule has 0 aliphatic carbocycles. The lowest BCUT2D eigenvalue weighted by Gasteiger charge is -2.09. The molecule has 2 N–H and O–H groups in total. The first-order chi connectivity index (χ1) is 7.70. The van der Waals surface area contributed by atoms with Gasteiger partial charge in [0.15, 0.2) is 5.78 Å². The summed E-state index contributed by atoms with van der Waals surface area (Å²) < 4.78 is 0. The van der Waals surface area contributed by atoms with Gasteiger partial charge in [0.2, 0.25) is 0 Å². The summed E-state index contributed by atoms with van der Waals surface area (Å²) in [6.07, 6.45) is 4.41. The second-order valence-corrected chi connectivity index (χ2v) is 4.16. The zero-order valence-electron chi connectivity index (χ0n) is 9.63. The van der Waals surface area contributed by atoms with E-state index in [1.54, 1.807) is 6.07 Å². The van der Waals surface area contributed by atoms with Crippen LogP contribution in [0.4, 0.5) is 5.69 Å². The van der Waals surface area contributed by atoms with Crippen LogP contribution in [0.15, 0.2) is 18.2 Å². The van der Waals surface area contributed by atoms with E-state index in [0.717, 1.165) is 18.4 Å². The molecule has 0 bridgehead atoms. The number of hydrogen-bond acceptors (Lipinski definition) is 2. The third kappa shape index (κ3) is 3.24. The maximum atomic E-state index is 11.5. The first-order valence-corrected chi connectivity index (χ1v) is 6.20. The number of rotatable bonds is 6. The Morgan fingerprint density at radius 3 is 2.75 bits per heavy atom. The van der Waals surface area contributed by atoms with Gasteiger partial charge in [0.1, 0.15) is 0 Å². The molecular formula is C13H18ClNO. The molecule has 0 unspecified atom stereocenters. The van der Waals surface area contributed by atoms with Gasteiger partial charge in [-0.2, -0.15) is 0 Å². The summed E-state index contributed by atoms with van der Waals surface area (Å²) in [4.78, 5) is 11.5. The lowest BCUT2D eigenvalue weighted by molar-refractivity contribution is 0.102. The van der Waals surface area contributed by atoms with Crippen LogP contribution < -0.4 is 5.73 Å². The SMILES string of the molecule is CCCCCc1cccc(C(=O)CCl)c1N. The topological polar surface area (TPSA) is 43.1 Å². The van der Waals surface area contributed by atoms with Gasteiger partial charge in [-0.1, -0.05) is 31.9 Å². The van der Waals surface area contributed by atoms with Crippen LogP contribution in [0, 0.1) is 0 Å². The minimum absolute atomic E-state index is 0.0113. The number of alkyl halides is 1. The maximum Gasteiger partial charge on any atom is 0.179 e. The quantitative estimate of drug-likeness (QED) is 0.358. The largest absolute Gasteiger partial charge is 0.398 e. The van der Waals surface area contributed by atoms with Gasteiger partial charge in [0.05, 0.1) is 5.88 Å². The summed E-state index contributed by atoms with van der Waals surface area (Å²) in [5.41, 5.74) is 8.18. The number of ketones is 1. The lowest BCUT2D eigenvalue weighted by atomic mass is 10.00. The highest BCUT2D eigenvalue weighted by atomic mass is 35.5. The van der Waals surface area contributed by atoms with E-state index in [4.69, 9.17) is 17.3 Å². The number of hydrogen-bond donors (Lipinski definition) is 1. The Hall–Kier alpha value is -1.02. The normalized spacial score (nSPS) is 10.4. The third-order valence-electron chi connectivity index (χ3n) is 2.67. The van der Waals surface area contributed by atoms with Gasteiger partial charge in [-0.25, -0.2) is 0 Å². The Bertz CT molecular complexity index is 363. The number of nitrogen functional groups attached to an aromatic ring is 1. The van der Waals surface area contributed by atoms with Crippen LogP contribution in [0.2, 0.25) is 0 Å². The molecule has 0 amide bonds. The fourth-order valence-electron chi connectivity index (χ4n) is 1.71. The number of aryl methyl sites for hydroxylation is 1. The number of benzene rings is 1. The smallest absolute Gasteiger partial charge is 0.179 e. The summed E-state index contributed by atoms with van der Waals surface area (Å²) in [6.45, 7) is 2.16. The van der Waals surface area contributed by atoms with Crippen molar-refractivity contribution in [3.05, 3.63) is 29.3 Å². The number of para-hydroxylation sites is 1. The molecule has 16 heavy (non-hydrogen) atoms. The highest BCUT2D eigenvalue weighted by Crippen LogP contribution is 2.20. The lowest BCUT2D eigenvalue weighted by Crippen LogP contribution is -2.07. The van der Waals surface area contributed by atoms with E-state index >= 15 is 0 Å². The van der Waals surface area contributed by atoms with Crippen LogP contribution >= 0.6 is 11.6 Å². The third-order valence-corrected chi connectivity index (χ3v) is 2.91. The molecule has 0 saturated carbocycles. The highest BCUT2D eigenvalue weighted by molar-refractivity contribution is 6.31. The molecule has 0 aliphatic rings. The summed E-state index contributed by atoms with van der Waals surface area (Å²) in [7, 11) is 0. The zero-order valence-corrected chi connectivity index (χ0v) is 10.4. The van der Waals surface area contributed by atoms with E-state index in [0.29, 0.717) is 11.3 Å². The van der Waals surface area contributed by atoms with Gasteiger partial charge in [0.25, 0.3) is 0 Å². The minimum atomic E-state index is -0.100. The Kier molecular flexibility index (Phi) is 5.33. The molecule has 0 spiro atoms. The highest BCUT2D eigenvalue weighted by Gasteiger charge is 2.10. The molecule has 0 aromatic heterocycles. The van der Waals surface area contributed by atoms with Crippen molar-refractivity contribution in [1.82, 2.24) is 0 Å². The number of carbonyl (C=O) groups is 1. The van der Waals surface area contributed by atoms with Gasteiger partial charge < -0.3 is 5.73 Å². The number of unbranched alkanes of at least 4 members (excludes halogenated alkanes) is 2. The number of carbonyl (C=O) groups excluding carboxylic acids is 1. The van der Waals surface area contributed by atoms with Gasteiger partial charge in [0, 0.05) is 11.3 Å². The van der Waals surface area contributed by atoms with Crippen LogP contribution in [0.25, 0.3) is 0 Å². The minimum Gasteiger partial charge on any atom is -0.398 e. The molecule has 0 fully saturated rings. The van der Waals surface area contributed by atoms with E-state index < -0.39 is 0 Å². The molecule has 1 rings (SSSR count). The van der Waals surface area contributed by atoms with Crippen molar-refractivity contribution >= 4 is 23.1 Å². The molecule has 0 atom stereocenters. The second kappa shape index (κ2) is 6.54. The van der Waals surface area contributed by atoms with Crippen molar-refractivity contribution in [1.29, 1.82) is 0 Å². The number of anilines is 1. The molecular weight excluding hydrogens is 222 g/mol. The maximum absolute atomic E-state index is 11.5. The molecule has 1 aromatic carbocycles. The van der Waals surface area contributed by atoms with Gasteiger partial charge in [-0.3, -0.25) is 4.79 Å². The van der Waals surface area contributed by atoms with Crippen molar-refractivity contribution in [2.24, 2.45) is 0 Å². The summed E-state index contributed by atoms with van der Waals surface area (Å²) in [6, 6.07) is 5.59. The van der Waals surface area contributed by atoms with Gasteiger partial charge in [-0.05, 0) is 24.5 Å².